The Kier molecular flexibility index (Phi) is 7.96. The zero-order valence-corrected chi connectivity index (χ0v) is 21.7. The number of aryl methyl sites for hydroxylation is 1. The molecule has 2 aromatic carbocycles. The number of alkyl halides is 3. The number of hydrogen-bond donors (Lipinski definition) is 2. The maximum Gasteiger partial charge on any atom is 0.416 e. The fraction of sp³-hybridized carbons (Fsp3) is 0.481. The lowest BCUT2D eigenvalue weighted by Crippen LogP contribution is -2.32. The number of methoxy groups -OCH3 is 1. The molecule has 3 N–H and O–H groups in total. The highest BCUT2D eigenvalue weighted by Crippen LogP contribution is 2.37. The van der Waals surface area contributed by atoms with Crippen molar-refractivity contribution in [3.05, 3.63) is 47.3 Å². The number of benzene rings is 2. The summed E-state index contributed by atoms with van der Waals surface area (Å²) in [4.78, 5) is 11.3. The summed E-state index contributed by atoms with van der Waals surface area (Å²) in [5, 5.41) is 3.92. The van der Waals surface area contributed by atoms with E-state index < -0.39 is 17.8 Å². The topological polar surface area (TPSA) is 85.5 Å². The lowest BCUT2D eigenvalue weighted by atomic mass is 9.85. The molecule has 0 unspecified atom stereocenters. The molecule has 3 aromatic rings. The van der Waals surface area contributed by atoms with E-state index in [0.29, 0.717) is 46.2 Å². The molecule has 1 aromatic heterocycles. The predicted octanol–water partition coefficient (Wildman–Crippen LogP) is 5.83. The van der Waals surface area contributed by atoms with E-state index in [4.69, 9.17) is 15.2 Å². The zero-order chi connectivity index (χ0) is 26.7. The molecule has 0 saturated heterocycles. The van der Waals surface area contributed by atoms with Crippen molar-refractivity contribution in [3.63, 3.8) is 0 Å². The Balaban J connectivity index is 1.57. The molecule has 1 heterocycles. The van der Waals surface area contributed by atoms with E-state index in [0.717, 1.165) is 31.1 Å². The Morgan fingerprint density at radius 2 is 1.89 bits per heavy atom. The molecule has 0 amide bonds. The van der Waals surface area contributed by atoms with Crippen LogP contribution >= 0.6 is 0 Å². The SMILES string of the molecule is COc1cc2nc(C)nc(N[C@H](C)c3cc(N)cc(C(F)(F)F)c3)c2cc1OCCN(C)CC1CCC1. The van der Waals surface area contributed by atoms with E-state index in [9.17, 15) is 13.2 Å². The molecule has 1 saturated carbocycles. The minimum absolute atomic E-state index is 0.0462. The molecule has 0 bridgehead atoms. The normalized spacial score (nSPS) is 15.0. The van der Waals surface area contributed by atoms with Crippen LogP contribution in [-0.2, 0) is 6.18 Å². The number of aromatic nitrogens is 2. The third kappa shape index (κ3) is 6.54. The quantitative estimate of drug-likeness (QED) is 0.327. The molecule has 4 rings (SSSR count). The van der Waals surface area contributed by atoms with Gasteiger partial charge in [-0.25, -0.2) is 9.97 Å². The van der Waals surface area contributed by atoms with E-state index in [1.807, 2.05) is 6.07 Å². The highest BCUT2D eigenvalue weighted by Gasteiger charge is 2.31. The number of nitrogens with one attached hydrogen (secondary N) is 1. The third-order valence-electron chi connectivity index (χ3n) is 6.78. The molecule has 1 fully saturated rings. The van der Waals surface area contributed by atoms with Crippen LogP contribution in [0.5, 0.6) is 11.5 Å². The van der Waals surface area contributed by atoms with Gasteiger partial charge in [-0.15, -0.1) is 0 Å². The largest absolute Gasteiger partial charge is 0.493 e. The van der Waals surface area contributed by atoms with Crippen molar-refractivity contribution in [2.45, 2.75) is 45.3 Å². The number of nitrogens with zero attached hydrogens (tertiary/aromatic N) is 3. The maximum absolute atomic E-state index is 13.3. The minimum atomic E-state index is -4.49. The van der Waals surface area contributed by atoms with Crippen molar-refractivity contribution >= 4 is 22.4 Å². The summed E-state index contributed by atoms with van der Waals surface area (Å²) < 4.78 is 51.6. The first kappa shape index (κ1) is 26.8. The van der Waals surface area contributed by atoms with Crippen LogP contribution in [0.15, 0.2) is 30.3 Å². The van der Waals surface area contributed by atoms with Gasteiger partial charge in [-0.1, -0.05) is 6.42 Å². The summed E-state index contributed by atoms with van der Waals surface area (Å²) in [6, 6.07) is 6.65. The van der Waals surface area contributed by atoms with Gasteiger partial charge in [0.1, 0.15) is 18.2 Å². The first-order valence-electron chi connectivity index (χ1n) is 12.5. The van der Waals surface area contributed by atoms with Gasteiger partial charge in [-0.2, -0.15) is 13.2 Å². The average Bonchev–Trinajstić information content (AvgIpc) is 2.80. The van der Waals surface area contributed by atoms with Gasteiger partial charge in [-0.05, 0) is 69.5 Å². The summed E-state index contributed by atoms with van der Waals surface area (Å²) in [6.45, 7) is 5.85. The fourth-order valence-corrected chi connectivity index (χ4v) is 4.53. The van der Waals surface area contributed by atoms with Gasteiger partial charge in [0.05, 0.1) is 24.2 Å². The Labute approximate surface area is 215 Å². The van der Waals surface area contributed by atoms with Crippen LogP contribution in [0.4, 0.5) is 24.7 Å². The van der Waals surface area contributed by atoms with E-state index in [-0.39, 0.29) is 5.69 Å². The van der Waals surface area contributed by atoms with Crippen molar-refractivity contribution in [2.24, 2.45) is 5.92 Å². The van der Waals surface area contributed by atoms with Crippen molar-refractivity contribution in [1.29, 1.82) is 0 Å². The number of anilines is 2. The molecule has 10 heteroatoms. The smallest absolute Gasteiger partial charge is 0.416 e. The van der Waals surface area contributed by atoms with Gasteiger partial charge < -0.3 is 25.4 Å². The van der Waals surface area contributed by atoms with E-state index in [2.05, 4.69) is 27.2 Å². The van der Waals surface area contributed by atoms with Crippen LogP contribution < -0.4 is 20.5 Å². The molecule has 1 aliphatic rings. The van der Waals surface area contributed by atoms with Crippen molar-refractivity contribution < 1.29 is 22.6 Å². The number of rotatable bonds is 10. The molecule has 0 radical (unpaired) electrons. The molecule has 7 nitrogen and oxygen atoms in total. The van der Waals surface area contributed by atoms with Crippen molar-refractivity contribution in [1.82, 2.24) is 14.9 Å². The molecule has 0 aliphatic heterocycles. The Hall–Kier alpha value is -3.27. The summed E-state index contributed by atoms with van der Waals surface area (Å²) in [5.41, 5.74) is 6.06. The third-order valence-corrected chi connectivity index (χ3v) is 6.78. The zero-order valence-electron chi connectivity index (χ0n) is 21.7. The predicted molar refractivity (Wildman–Crippen MR) is 139 cm³/mol. The minimum Gasteiger partial charge on any atom is -0.493 e. The highest BCUT2D eigenvalue weighted by atomic mass is 19.4. The summed E-state index contributed by atoms with van der Waals surface area (Å²) in [7, 11) is 3.67. The van der Waals surface area contributed by atoms with E-state index in [1.165, 1.54) is 25.3 Å². The van der Waals surface area contributed by atoms with Gasteiger partial charge in [0.2, 0.25) is 0 Å². The Morgan fingerprint density at radius 1 is 1.14 bits per heavy atom. The number of halogens is 3. The van der Waals surface area contributed by atoms with Gasteiger partial charge >= 0.3 is 6.18 Å². The second-order valence-electron chi connectivity index (χ2n) is 9.80. The number of nitrogen functional groups attached to an aromatic ring is 1. The summed E-state index contributed by atoms with van der Waals surface area (Å²) >= 11 is 0. The van der Waals surface area contributed by atoms with E-state index in [1.54, 1.807) is 27.0 Å². The molecule has 0 spiro atoms. The maximum atomic E-state index is 13.3. The Morgan fingerprint density at radius 3 is 2.54 bits per heavy atom. The molecule has 200 valence electrons. The number of ether oxygens (including phenoxy) is 2. The van der Waals surface area contributed by atoms with Crippen LogP contribution in [0.25, 0.3) is 10.9 Å². The Bertz CT molecular complexity index is 1250. The van der Waals surface area contributed by atoms with Crippen LogP contribution in [0.1, 0.15) is 49.2 Å². The number of hydrogen-bond acceptors (Lipinski definition) is 7. The standard InChI is InChI=1S/C27H34F3N5O2/c1-16(19-10-20(27(28,29)30)12-21(31)11-19)32-26-22-13-25(24(36-4)14-23(22)33-17(2)34-26)37-9-8-35(3)15-18-6-5-7-18/h10-14,16,18H,5-9,15,31H2,1-4H3,(H,32,33,34)/t16-/m1/s1. The van der Waals surface area contributed by atoms with Crippen LogP contribution in [-0.4, -0.2) is 48.7 Å². The lowest BCUT2D eigenvalue weighted by Gasteiger charge is -2.30. The summed E-state index contributed by atoms with van der Waals surface area (Å²) in [6.07, 6.45) is -0.577. The first-order chi connectivity index (χ1) is 17.5. The van der Waals surface area contributed by atoms with E-state index >= 15 is 0 Å². The summed E-state index contributed by atoms with van der Waals surface area (Å²) in [5.74, 6) is 2.89. The van der Waals surface area contributed by atoms with Crippen LogP contribution in [0, 0.1) is 12.8 Å². The average molecular weight is 518 g/mol. The lowest BCUT2D eigenvalue weighted by molar-refractivity contribution is -0.137. The van der Waals surface area contributed by atoms with Crippen LogP contribution in [0.2, 0.25) is 0 Å². The highest BCUT2D eigenvalue weighted by molar-refractivity contribution is 5.92. The molecule has 1 atom stereocenters. The first-order valence-corrected chi connectivity index (χ1v) is 12.5. The molecular weight excluding hydrogens is 483 g/mol. The second-order valence-corrected chi connectivity index (χ2v) is 9.80. The molecule has 1 aliphatic carbocycles. The number of nitrogens with two attached hydrogens (primary N) is 1. The number of fused-ring (bicyclic) bond motifs is 1. The van der Waals surface area contributed by atoms with Gasteiger partial charge in [0.25, 0.3) is 0 Å². The van der Waals surface area contributed by atoms with Crippen molar-refractivity contribution in [2.75, 3.05) is 44.9 Å². The van der Waals surface area contributed by atoms with Crippen LogP contribution in [0.3, 0.4) is 0 Å². The molecule has 37 heavy (non-hydrogen) atoms. The van der Waals surface area contributed by atoms with Crippen molar-refractivity contribution in [3.8, 4) is 11.5 Å². The number of likely N-dealkylation sites (N-methyl/N-ethyl adjacent to an activating group) is 1. The molecular formula is C27H34F3N5O2. The van der Waals surface area contributed by atoms with Gasteiger partial charge in [0, 0.05) is 30.2 Å². The van der Waals surface area contributed by atoms with Gasteiger partial charge in [0.15, 0.2) is 11.5 Å². The fourth-order valence-electron chi connectivity index (χ4n) is 4.53. The second kappa shape index (κ2) is 11.0. The monoisotopic (exact) mass is 517 g/mol. The van der Waals surface area contributed by atoms with Gasteiger partial charge in [-0.3, -0.25) is 0 Å².